The van der Waals surface area contributed by atoms with Crippen molar-refractivity contribution >= 4 is 35.3 Å². The second-order valence-electron chi connectivity index (χ2n) is 10.4. The van der Waals surface area contributed by atoms with E-state index in [2.05, 4.69) is 55.4 Å². The van der Waals surface area contributed by atoms with Crippen LogP contribution in [-0.4, -0.2) is 45.7 Å². The van der Waals surface area contributed by atoms with Crippen molar-refractivity contribution < 1.29 is 4.39 Å². The summed E-state index contributed by atoms with van der Waals surface area (Å²) < 4.78 is 14.0. The summed E-state index contributed by atoms with van der Waals surface area (Å²) in [5, 5.41) is 15.6. The van der Waals surface area contributed by atoms with Gasteiger partial charge < -0.3 is 15.5 Å². The number of aryl methyl sites for hydroxylation is 1. The fourth-order valence-electron chi connectivity index (χ4n) is 4.48. The van der Waals surface area contributed by atoms with E-state index in [0.29, 0.717) is 22.3 Å². The van der Waals surface area contributed by atoms with Crippen molar-refractivity contribution in [3.63, 3.8) is 0 Å². The lowest BCUT2D eigenvalue weighted by Crippen LogP contribution is -2.23. The molecule has 0 aliphatic carbocycles. The van der Waals surface area contributed by atoms with Gasteiger partial charge >= 0.3 is 0 Å². The number of nitrogens with zero attached hydrogens (tertiary/aromatic N) is 4. The quantitative estimate of drug-likeness (QED) is 0.243. The van der Waals surface area contributed by atoms with Crippen LogP contribution in [-0.2, 0) is 0 Å². The summed E-state index contributed by atoms with van der Waals surface area (Å²) in [5.74, 6) is -0.290. The average molecular weight is 550 g/mol. The molecule has 0 radical (unpaired) electrons. The molecule has 0 spiro atoms. The van der Waals surface area contributed by atoms with E-state index in [0.717, 1.165) is 56.8 Å². The number of benzene rings is 1. The molecule has 0 saturated carbocycles. The standard InChI is InChI=1S/C33H36FN7/c1-20-13-26(15-28(34)14-20)33-23(4)30(11-12-36-33)38-25(6)32-24(5)31(39-40-32)10-9-21(2)27-16-29(18-35-17-27)37-22(3)19-41(7)8/h9-18,37,39H,3,5-6,19H2,1-2,4,7-8H3,(H,36,38)/b21-9+,31-10+. The summed E-state index contributed by atoms with van der Waals surface area (Å²) in [7, 11) is 4.00. The van der Waals surface area contributed by atoms with Gasteiger partial charge in [-0.2, -0.15) is 5.10 Å². The van der Waals surface area contributed by atoms with Gasteiger partial charge in [-0.15, -0.1) is 0 Å². The SMILES string of the molecule is C=C(CN(C)C)Nc1cncc(/C(C)=C/C=c2/[nH]nc(C(=C)Nc3ccnc(-c4cc(C)cc(F)c4)c3C)c2=C)c1. The summed E-state index contributed by atoms with van der Waals surface area (Å²) in [6.07, 6.45) is 9.23. The van der Waals surface area contributed by atoms with Gasteiger partial charge in [0.25, 0.3) is 0 Å². The molecule has 3 aromatic heterocycles. The molecule has 3 heterocycles. The average Bonchev–Trinajstić information content (AvgIpc) is 3.27. The van der Waals surface area contributed by atoms with Gasteiger partial charge in [0.05, 0.1) is 28.6 Å². The van der Waals surface area contributed by atoms with Crippen LogP contribution in [0.1, 0.15) is 29.3 Å². The molecule has 3 N–H and O–H groups in total. The molecule has 4 aromatic rings. The number of hydrogen-bond donors (Lipinski definition) is 3. The number of hydrogen-bond acceptors (Lipinski definition) is 6. The molecular formula is C33H36FN7. The molecule has 0 atom stereocenters. The summed E-state index contributed by atoms with van der Waals surface area (Å²) in [5.41, 5.74) is 8.93. The second kappa shape index (κ2) is 12.6. The van der Waals surface area contributed by atoms with E-state index < -0.39 is 0 Å². The Hall–Kier alpha value is -4.82. The minimum absolute atomic E-state index is 0.290. The van der Waals surface area contributed by atoms with Crippen molar-refractivity contribution in [2.24, 2.45) is 0 Å². The predicted octanol–water partition coefficient (Wildman–Crippen LogP) is 5.49. The Balaban J connectivity index is 1.53. The number of anilines is 2. The molecule has 0 aliphatic rings. The van der Waals surface area contributed by atoms with Crippen LogP contribution in [0.25, 0.3) is 35.2 Å². The van der Waals surface area contributed by atoms with E-state index in [1.54, 1.807) is 12.4 Å². The maximum Gasteiger partial charge on any atom is 0.124 e. The Morgan fingerprint density at radius 3 is 2.61 bits per heavy atom. The van der Waals surface area contributed by atoms with Crippen LogP contribution in [0.3, 0.4) is 0 Å². The highest BCUT2D eigenvalue weighted by Crippen LogP contribution is 2.29. The van der Waals surface area contributed by atoms with Crippen molar-refractivity contribution in [1.29, 1.82) is 0 Å². The summed E-state index contributed by atoms with van der Waals surface area (Å²) in [4.78, 5) is 10.9. The highest BCUT2D eigenvalue weighted by Gasteiger charge is 2.12. The number of H-pyrrole nitrogens is 1. The van der Waals surface area contributed by atoms with Gasteiger partial charge in [0.2, 0.25) is 0 Å². The molecular weight excluding hydrogens is 513 g/mol. The van der Waals surface area contributed by atoms with E-state index in [-0.39, 0.29) is 5.82 Å². The number of pyridine rings is 2. The van der Waals surface area contributed by atoms with Crippen molar-refractivity contribution in [3.8, 4) is 11.3 Å². The lowest BCUT2D eigenvalue weighted by molar-refractivity contribution is 0.447. The van der Waals surface area contributed by atoms with Crippen LogP contribution in [0.4, 0.5) is 15.8 Å². The molecule has 1 aromatic carbocycles. The van der Waals surface area contributed by atoms with Crippen LogP contribution >= 0.6 is 0 Å². The summed E-state index contributed by atoms with van der Waals surface area (Å²) >= 11 is 0. The Bertz CT molecular complexity index is 1730. The second-order valence-corrected chi connectivity index (χ2v) is 10.4. The highest BCUT2D eigenvalue weighted by molar-refractivity contribution is 5.79. The van der Waals surface area contributed by atoms with E-state index in [1.165, 1.54) is 12.1 Å². The van der Waals surface area contributed by atoms with Crippen LogP contribution in [0.2, 0.25) is 0 Å². The van der Waals surface area contributed by atoms with E-state index in [1.807, 2.05) is 71.4 Å². The minimum atomic E-state index is -0.290. The minimum Gasteiger partial charge on any atom is -0.357 e. The lowest BCUT2D eigenvalue weighted by Gasteiger charge is -2.14. The number of rotatable bonds is 10. The third-order valence-electron chi connectivity index (χ3n) is 6.51. The monoisotopic (exact) mass is 549 g/mol. The summed E-state index contributed by atoms with van der Waals surface area (Å²) in [6, 6.07) is 8.81. The van der Waals surface area contributed by atoms with Crippen LogP contribution in [0, 0.1) is 19.7 Å². The highest BCUT2D eigenvalue weighted by atomic mass is 19.1. The zero-order chi connectivity index (χ0) is 29.7. The fourth-order valence-corrected chi connectivity index (χ4v) is 4.48. The van der Waals surface area contributed by atoms with E-state index in [9.17, 15) is 4.39 Å². The zero-order valence-electron chi connectivity index (χ0n) is 24.3. The maximum absolute atomic E-state index is 14.0. The first-order valence-electron chi connectivity index (χ1n) is 13.2. The van der Waals surface area contributed by atoms with Gasteiger partial charge in [0.1, 0.15) is 11.5 Å². The molecule has 0 amide bonds. The third kappa shape index (κ3) is 7.23. The number of aromatic amines is 1. The molecule has 0 saturated heterocycles. The molecule has 7 nitrogen and oxygen atoms in total. The van der Waals surface area contributed by atoms with E-state index >= 15 is 0 Å². The largest absolute Gasteiger partial charge is 0.357 e. The lowest BCUT2D eigenvalue weighted by atomic mass is 10.0. The molecule has 210 valence electrons. The number of nitrogens with one attached hydrogen (secondary N) is 3. The molecule has 8 heteroatoms. The Morgan fingerprint density at radius 1 is 1.10 bits per heavy atom. The van der Waals surface area contributed by atoms with Crippen molar-refractivity contribution in [3.05, 3.63) is 113 Å². The molecule has 4 rings (SSSR count). The van der Waals surface area contributed by atoms with Crippen LogP contribution in [0.5, 0.6) is 0 Å². The molecule has 41 heavy (non-hydrogen) atoms. The van der Waals surface area contributed by atoms with Gasteiger partial charge in [-0.3, -0.25) is 15.1 Å². The summed E-state index contributed by atoms with van der Waals surface area (Å²) in [6.45, 7) is 19.1. The molecule has 0 unspecified atom stereocenters. The van der Waals surface area contributed by atoms with Crippen molar-refractivity contribution in [2.75, 3.05) is 31.3 Å². The van der Waals surface area contributed by atoms with E-state index in [4.69, 9.17) is 0 Å². The first kappa shape index (κ1) is 29.2. The zero-order valence-corrected chi connectivity index (χ0v) is 24.3. The first-order valence-corrected chi connectivity index (χ1v) is 13.2. The number of allylic oxidation sites excluding steroid dienone is 2. The Kier molecular flexibility index (Phi) is 8.94. The topological polar surface area (TPSA) is 81.8 Å². The predicted molar refractivity (Wildman–Crippen MR) is 169 cm³/mol. The Morgan fingerprint density at radius 2 is 1.88 bits per heavy atom. The number of aromatic nitrogens is 4. The first-order chi connectivity index (χ1) is 19.5. The molecule has 0 fully saturated rings. The molecule has 0 aliphatic heterocycles. The van der Waals surface area contributed by atoms with Crippen molar-refractivity contribution in [2.45, 2.75) is 20.8 Å². The van der Waals surface area contributed by atoms with Gasteiger partial charge in [0, 0.05) is 41.1 Å². The van der Waals surface area contributed by atoms with Gasteiger partial charge in [-0.05, 0) is 93.5 Å². The van der Waals surface area contributed by atoms with Gasteiger partial charge in [-0.25, -0.2) is 4.39 Å². The number of halogens is 1. The normalized spacial score (nSPS) is 12.1. The van der Waals surface area contributed by atoms with Gasteiger partial charge in [-0.1, -0.05) is 25.8 Å². The maximum atomic E-state index is 14.0. The number of likely N-dealkylation sites (N-methyl/N-ethyl adjacent to an activating group) is 1. The van der Waals surface area contributed by atoms with Crippen molar-refractivity contribution in [1.82, 2.24) is 25.1 Å². The van der Waals surface area contributed by atoms with Gasteiger partial charge in [0.15, 0.2) is 0 Å². The van der Waals surface area contributed by atoms with Crippen LogP contribution < -0.4 is 21.2 Å². The Labute approximate surface area is 240 Å². The smallest absolute Gasteiger partial charge is 0.124 e. The third-order valence-corrected chi connectivity index (χ3v) is 6.51. The fraction of sp³-hybridized carbons (Fsp3) is 0.182. The van der Waals surface area contributed by atoms with Crippen LogP contribution in [0.15, 0.2) is 73.9 Å². The molecule has 0 bridgehead atoms.